The van der Waals surface area contributed by atoms with Gasteiger partial charge in [-0.3, -0.25) is 4.79 Å². The quantitative estimate of drug-likeness (QED) is 0.690. The van der Waals surface area contributed by atoms with E-state index in [1.54, 1.807) is 0 Å². The first-order chi connectivity index (χ1) is 8.07. The van der Waals surface area contributed by atoms with Gasteiger partial charge in [-0.2, -0.15) is 0 Å². The van der Waals surface area contributed by atoms with Crippen LogP contribution in [0.25, 0.3) is 0 Å². The molecule has 0 radical (unpaired) electrons. The number of rotatable bonds is 2. The molecule has 5 heteroatoms. The van der Waals surface area contributed by atoms with Crippen LogP contribution in [0.3, 0.4) is 0 Å². The van der Waals surface area contributed by atoms with Gasteiger partial charge in [0.2, 0.25) is 0 Å². The summed E-state index contributed by atoms with van der Waals surface area (Å²) in [5.41, 5.74) is 0. The number of ketones is 1. The van der Waals surface area contributed by atoms with Crippen molar-refractivity contribution in [3.63, 3.8) is 0 Å². The Morgan fingerprint density at radius 1 is 1.12 bits per heavy atom. The predicted octanol–water partition coefficient (Wildman–Crippen LogP) is 0.866. The topological polar surface area (TPSA) is 54.5 Å². The van der Waals surface area contributed by atoms with Gasteiger partial charge < -0.3 is 4.90 Å². The second-order valence-electron chi connectivity index (χ2n) is 5.21. The fourth-order valence-electron chi connectivity index (χ4n) is 2.67. The van der Waals surface area contributed by atoms with Crippen LogP contribution >= 0.6 is 0 Å². The summed E-state index contributed by atoms with van der Waals surface area (Å²) < 4.78 is 22.6. The molecule has 1 unspecified atom stereocenters. The first-order valence-corrected chi connectivity index (χ1v) is 8.34. The van der Waals surface area contributed by atoms with Gasteiger partial charge in [-0.25, -0.2) is 8.42 Å². The molecule has 2 aliphatic rings. The highest BCUT2D eigenvalue weighted by Crippen LogP contribution is 2.21. The van der Waals surface area contributed by atoms with Crippen molar-refractivity contribution >= 4 is 15.6 Å². The van der Waals surface area contributed by atoms with E-state index in [1.807, 2.05) is 0 Å². The van der Waals surface area contributed by atoms with Gasteiger partial charge in [-0.1, -0.05) is 12.8 Å². The van der Waals surface area contributed by atoms with Gasteiger partial charge in [0.1, 0.15) is 5.78 Å². The van der Waals surface area contributed by atoms with Crippen molar-refractivity contribution < 1.29 is 13.2 Å². The van der Waals surface area contributed by atoms with Crippen LogP contribution in [0.15, 0.2) is 0 Å². The molecule has 0 aromatic rings. The minimum atomic E-state index is -2.80. The van der Waals surface area contributed by atoms with E-state index in [2.05, 4.69) is 4.90 Å². The Labute approximate surface area is 103 Å². The smallest absolute Gasteiger partial charge is 0.152 e. The number of Topliss-reactive ketones (excluding diaryl/α,β-unsaturated/α-hetero) is 1. The number of sulfone groups is 1. The molecule has 17 heavy (non-hydrogen) atoms. The van der Waals surface area contributed by atoms with E-state index in [-0.39, 0.29) is 17.4 Å². The van der Waals surface area contributed by atoms with Gasteiger partial charge in [0.25, 0.3) is 0 Å². The first kappa shape index (κ1) is 13.0. The molecule has 0 aromatic heterocycles. The third kappa shape index (κ3) is 3.78. The minimum Gasteiger partial charge on any atom is -0.301 e. The van der Waals surface area contributed by atoms with Crippen LogP contribution in [-0.2, 0) is 14.6 Å². The van der Waals surface area contributed by atoms with Gasteiger partial charge in [-0.15, -0.1) is 0 Å². The van der Waals surface area contributed by atoms with Crippen molar-refractivity contribution in [1.29, 1.82) is 0 Å². The number of nitrogens with zero attached hydrogens (tertiary/aromatic N) is 1. The Bertz CT molecular complexity index is 363. The molecular weight excluding hydrogens is 238 g/mol. The minimum absolute atomic E-state index is 0.151. The van der Waals surface area contributed by atoms with Crippen molar-refractivity contribution in [2.24, 2.45) is 5.92 Å². The lowest BCUT2D eigenvalue weighted by molar-refractivity contribution is -0.123. The van der Waals surface area contributed by atoms with E-state index < -0.39 is 9.84 Å². The van der Waals surface area contributed by atoms with E-state index in [0.717, 1.165) is 38.6 Å². The van der Waals surface area contributed by atoms with E-state index >= 15 is 0 Å². The molecule has 4 nitrogen and oxygen atoms in total. The second kappa shape index (κ2) is 5.48. The molecule has 1 heterocycles. The summed E-state index contributed by atoms with van der Waals surface area (Å²) in [6, 6.07) is 0. The third-order valence-corrected chi connectivity index (χ3v) is 5.46. The Kier molecular flexibility index (Phi) is 4.20. The van der Waals surface area contributed by atoms with Crippen LogP contribution in [0.4, 0.5) is 0 Å². The summed E-state index contributed by atoms with van der Waals surface area (Å²) in [6.07, 6.45) is 5.04. The van der Waals surface area contributed by atoms with Crippen molar-refractivity contribution in [2.45, 2.75) is 32.1 Å². The molecule has 0 aromatic carbocycles. The summed E-state index contributed by atoms with van der Waals surface area (Å²) in [4.78, 5) is 14.0. The zero-order chi connectivity index (χ0) is 12.3. The lowest BCUT2D eigenvalue weighted by Gasteiger charge is -2.29. The molecule has 0 spiro atoms. The number of hydrogen-bond acceptors (Lipinski definition) is 4. The molecule has 1 saturated carbocycles. The Morgan fingerprint density at radius 2 is 1.82 bits per heavy atom. The van der Waals surface area contributed by atoms with Crippen LogP contribution in [-0.4, -0.2) is 50.2 Å². The fraction of sp³-hybridized carbons (Fsp3) is 0.917. The molecule has 98 valence electrons. The molecular formula is C12H21NO3S. The van der Waals surface area contributed by atoms with E-state index in [9.17, 15) is 13.2 Å². The zero-order valence-corrected chi connectivity index (χ0v) is 11.0. The highest BCUT2D eigenvalue weighted by atomic mass is 32.2. The van der Waals surface area contributed by atoms with E-state index in [4.69, 9.17) is 0 Å². The Hall–Kier alpha value is -0.420. The summed E-state index contributed by atoms with van der Waals surface area (Å²) in [5, 5.41) is 0. The average Bonchev–Trinajstić information content (AvgIpc) is 2.47. The molecule has 1 atom stereocenters. The third-order valence-electron chi connectivity index (χ3n) is 3.85. The molecule has 0 N–H and O–H groups in total. The summed E-state index contributed by atoms with van der Waals surface area (Å²) in [5.74, 6) is 1.05. The van der Waals surface area contributed by atoms with Crippen molar-refractivity contribution in [2.75, 3.05) is 31.1 Å². The lowest BCUT2D eigenvalue weighted by atomic mass is 9.98. The summed E-state index contributed by atoms with van der Waals surface area (Å²) >= 11 is 0. The molecule has 1 saturated heterocycles. The fourth-order valence-corrected chi connectivity index (χ4v) is 3.95. The highest BCUT2D eigenvalue weighted by Gasteiger charge is 2.27. The van der Waals surface area contributed by atoms with Gasteiger partial charge in [-0.05, 0) is 12.8 Å². The van der Waals surface area contributed by atoms with Gasteiger partial charge in [0, 0.05) is 32.0 Å². The molecule has 0 bridgehead atoms. The largest absolute Gasteiger partial charge is 0.301 e. The number of carbonyl (C=O) groups excluding carboxylic acids is 1. The van der Waals surface area contributed by atoms with E-state index in [0.29, 0.717) is 18.9 Å². The van der Waals surface area contributed by atoms with Crippen LogP contribution in [0.5, 0.6) is 0 Å². The normalized spacial score (nSPS) is 31.1. The lowest BCUT2D eigenvalue weighted by Crippen LogP contribution is -2.43. The monoisotopic (exact) mass is 259 g/mol. The van der Waals surface area contributed by atoms with Crippen LogP contribution < -0.4 is 0 Å². The van der Waals surface area contributed by atoms with Crippen molar-refractivity contribution in [3.05, 3.63) is 0 Å². The average molecular weight is 259 g/mol. The van der Waals surface area contributed by atoms with Crippen LogP contribution in [0.2, 0.25) is 0 Å². The van der Waals surface area contributed by atoms with Crippen LogP contribution in [0, 0.1) is 5.92 Å². The maximum Gasteiger partial charge on any atom is 0.152 e. The summed E-state index contributed by atoms with van der Waals surface area (Å²) in [6.45, 7) is 1.98. The Balaban J connectivity index is 1.86. The molecule has 2 rings (SSSR count). The Morgan fingerprint density at radius 3 is 2.53 bits per heavy atom. The number of hydrogen-bond donors (Lipinski definition) is 0. The zero-order valence-electron chi connectivity index (χ0n) is 10.2. The highest BCUT2D eigenvalue weighted by molar-refractivity contribution is 7.91. The van der Waals surface area contributed by atoms with Gasteiger partial charge in [0.15, 0.2) is 9.84 Å². The van der Waals surface area contributed by atoms with Gasteiger partial charge >= 0.3 is 0 Å². The molecule has 1 aliphatic carbocycles. The second-order valence-corrected chi connectivity index (χ2v) is 7.52. The first-order valence-electron chi connectivity index (χ1n) is 6.52. The maximum atomic E-state index is 11.9. The van der Waals surface area contributed by atoms with E-state index in [1.165, 1.54) is 0 Å². The predicted molar refractivity (Wildman–Crippen MR) is 66.7 cm³/mol. The maximum absolute atomic E-state index is 11.9. The number of carbonyl (C=O) groups is 1. The SMILES string of the molecule is O=C1CCCCCC1CN1CCS(=O)(=O)CC1. The van der Waals surface area contributed by atoms with Crippen molar-refractivity contribution in [1.82, 2.24) is 4.90 Å². The molecule has 2 fully saturated rings. The van der Waals surface area contributed by atoms with Crippen LogP contribution in [0.1, 0.15) is 32.1 Å². The molecule has 1 aliphatic heterocycles. The molecule has 0 amide bonds. The van der Waals surface area contributed by atoms with Gasteiger partial charge in [0.05, 0.1) is 11.5 Å². The summed E-state index contributed by atoms with van der Waals surface area (Å²) in [7, 11) is -2.80. The standard InChI is InChI=1S/C12H21NO3S/c14-12-5-3-1-2-4-11(12)10-13-6-8-17(15,16)9-7-13/h11H,1-10H2. The van der Waals surface area contributed by atoms with Crippen molar-refractivity contribution in [3.8, 4) is 0 Å².